The molecule has 2 rings (SSSR count). The van der Waals surface area contributed by atoms with Crippen LogP contribution < -0.4 is 4.90 Å². The SMILES string of the molecule is Cc1cc(C)c(N2CCC(C#N)C2C)c(C)c1. The molecule has 1 aromatic rings. The molecule has 0 spiro atoms. The van der Waals surface area contributed by atoms with Crippen molar-refractivity contribution in [3.63, 3.8) is 0 Å². The standard InChI is InChI=1S/C15H20N2/c1-10-7-11(2)15(12(3)8-10)17-6-5-14(9-16)13(17)4/h7-8,13-14H,5-6H2,1-4H3. The maximum atomic E-state index is 9.11. The van der Waals surface area contributed by atoms with Gasteiger partial charge in [-0.25, -0.2) is 0 Å². The number of rotatable bonds is 1. The number of benzene rings is 1. The van der Waals surface area contributed by atoms with E-state index in [4.69, 9.17) is 5.26 Å². The summed E-state index contributed by atoms with van der Waals surface area (Å²) in [6.07, 6.45) is 0.990. The van der Waals surface area contributed by atoms with Gasteiger partial charge in [0.2, 0.25) is 0 Å². The van der Waals surface area contributed by atoms with E-state index < -0.39 is 0 Å². The third-order valence-electron chi connectivity index (χ3n) is 3.84. The number of nitriles is 1. The minimum Gasteiger partial charge on any atom is -0.367 e. The number of hydrogen-bond donors (Lipinski definition) is 0. The first-order valence-corrected chi connectivity index (χ1v) is 6.28. The summed E-state index contributed by atoms with van der Waals surface area (Å²) in [6, 6.07) is 7.22. The first-order valence-electron chi connectivity index (χ1n) is 6.28. The van der Waals surface area contributed by atoms with Crippen LogP contribution in [0.25, 0.3) is 0 Å². The Kier molecular flexibility index (Phi) is 3.11. The van der Waals surface area contributed by atoms with Crippen LogP contribution in [0.1, 0.15) is 30.0 Å². The number of hydrogen-bond acceptors (Lipinski definition) is 2. The molecule has 1 heterocycles. The predicted molar refractivity (Wildman–Crippen MR) is 71.2 cm³/mol. The molecule has 1 aliphatic rings. The normalized spacial score (nSPS) is 23.8. The summed E-state index contributed by atoms with van der Waals surface area (Å²) in [5, 5.41) is 9.11. The molecule has 17 heavy (non-hydrogen) atoms. The molecule has 0 aromatic heterocycles. The summed E-state index contributed by atoms with van der Waals surface area (Å²) in [6.45, 7) is 9.64. The van der Waals surface area contributed by atoms with Gasteiger partial charge in [0.1, 0.15) is 0 Å². The second-order valence-electron chi connectivity index (χ2n) is 5.21. The third kappa shape index (κ3) is 2.02. The molecule has 1 aliphatic heterocycles. The molecular weight excluding hydrogens is 208 g/mol. The van der Waals surface area contributed by atoms with Crippen molar-refractivity contribution in [1.82, 2.24) is 0 Å². The van der Waals surface area contributed by atoms with Crippen LogP contribution in [-0.4, -0.2) is 12.6 Å². The van der Waals surface area contributed by atoms with Gasteiger partial charge in [-0.1, -0.05) is 17.7 Å². The Balaban J connectivity index is 2.40. The lowest BCUT2D eigenvalue weighted by atomic mass is 10.0. The molecule has 0 radical (unpaired) electrons. The van der Waals surface area contributed by atoms with Gasteiger partial charge in [0.05, 0.1) is 12.0 Å². The highest BCUT2D eigenvalue weighted by atomic mass is 15.2. The van der Waals surface area contributed by atoms with Crippen molar-refractivity contribution in [2.45, 2.75) is 40.2 Å². The molecule has 2 unspecified atom stereocenters. The van der Waals surface area contributed by atoms with E-state index in [0.717, 1.165) is 13.0 Å². The molecule has 2 heteroatoms. The first kappa shape index (κ1) is 12.0. The molecule has 1 aromatic carbocycles. The maximum Gasteiger partial charge on any atom is 0.0681 e. The molecule has 2 nitrogen and oxygen atoms in total. The van der Waals surface area contributed by atoms with E-state index >= 15 is 0 Å². The Morgan fingerprint density at radius 3 is 2.29 bits per heavy atom. The van der Waals surface area contributed by atoms with Gasteiger partial charge < -0.3 is 4.90 Å². The zero-order valence-electron chi connectivity index (χ0n) is 11.1. The summed E-state index contributed by atoms with van der Waals surface area (Å²) in [5.41, 5.74) is 5.30. The molecule has 0 saturated carbocycles. The van der Waals surface area contributed by atoms with Crippen LogP contribution in [0, 0.1) is 38.0 Å². The van der Waals surface area contributed by atoms with Crippen LogP contribution in [0.2, 0.25) is 0 Å². The Bertz CT molecular complexity index is 447. The highest BCUT2D eigenvalue weighted by Crippen LogP contribution is 2.34. The molecular formula is C15H20N2. The van der Waals surface area contributed by atoms with Gasteiger partial charge in [-0.15, -0.1) is 0 Å². The molecule has 0 bridgehead atoms. The summed E-state index contributed by atoms with van der Waals surface area (Å²) in [7, 11) is 0. The van der Waals surface area contributed by atoms with Crippen LogP contribution in [0.3, 0.4) is 0 Å². The number of aryl methyl sites for hydroxylation is 3. The quantitative estimate of drug-likeness (QED) is 0.737. The van der Waals surface area contributed by atoms with Gasteiger partial charge >= 0.3 is 0 Å². The Labute approximate surface area is 104 Å². The average Bonchev–Trinajstić information content (AvgIpc) is 2.59. The minimum absolute atomic E-state index is 0.176. The summed E-state index contributed by atoms with van der Waals surface area (Å²) in [4.78, 5) is 2.40. The monoisotopic (exact) mass is 228 g/mol. The fraction of sp³-hybridized carbons (Fsp3) is 0.533. The van der Waals surface area contributed by atoms with Gasteiger partial charge in [0.15, 0.2) is 0 Å². The molecule has 1 fully saturated rings. The Morgan fingerprint density at radius 1 is 1.24 bits per heavy atom. The molecule has 0 N–H and O–H groups in total. The lowest BCUT2D eigenvalue weighted by molar-refractivity contribution is 0.614. The van der Waals surface area contributed by atoms with Crippen molar-refractivity contribution < 1.29 is 0 Å². The van der Waals surface area contributed by atoms with Crippen molar-refractivity contribution >= 4 is 5.69 Å². The van der Waals surface area contributed by atoms with Gasteiger partial charge in [-0.3, -0.25) is 0 Å². The van der Waals surface area contributed by atoms with E-state index in [1.165, 1.54) is 22.4 Å². The minimum atomic E-state index is 0.176. The zero-order valence-corrected chi connectivity index (χ0v) is 11.1. The molecule has 0 amide bonds. The molecule has 2 atom stereocenters. The molecule has 0 aliphatic carbocycles. The van der Waals surface area contributed by atoms with Crippen molar-refractivity contribution in [3.8, 4) is 6.07 Å². The topological polar surface area (TPSA) is 27.0 Å². The van der Waals surface area contributed by atoms with Crippen molar-refractivity contribution in [2.24, 2.45) is 5.92 Å². The first-order chi connectivity index (χ1) is 8.04. The van der Waals surface area contributed by atoms with E-state index in [0.29, 0.717) is 6.04 Å². The third-order valence-corrected chi connectivity index (χ3v) is 3.84. The largest absolute Gasteiger partial charge is 0.367 e. The maximum absolute atomic E-state index is 9.11. The molecule has 1 saturated heterocycles. The zero-order chi connectivity index (χ0) is 12.6. The van der Waals surface area contributed by atoms with E-state index in [-0.39, 0.29) is 5.92 Å². The van der Waals surface area contributed by atoms with Crippen LogP contribution in [-0.2, 0) is 0 Å². The number of anilines is 1. The molecule has 90 valence electrons. The van der Waals surface area contributed by atoms with Crippen LogP contribution in [0.4, 0.5) is 5.69 Å². The van der Waals surface area contributed by atoms with E-state index in [2.05, 4.69) is 50.8 Å². The summed E-state index contributed by atoms with van der Waals surface area (Å²) in [5.74, 6) is 0.176. The lowest BCUT2D eigenvalue weighted by Gasteiger charge is -2.28. The fourth-order valence-corrected chi connectivity index (χ4v) is 3.05. The second-order valence-corrected chi connectivity index (χ2v) is 5.21. The summed E-state index contributed by atoms with van der Waals surface area (Å²) < 4.78 is 0. The van der Waals surface area contributed by atoms with Crippen LogP contribution >= 0.6 is 0 Å². The van der Waals surface area contributed by atoms with Crippen molar-refractivity contribution in [2.75, 3.05) is 11.4 Å². The van der Waals surface area contributed by atoms with Gasteiger partial charge in [-0.05, 0) is 45.2 Å². The average molecular weight is 228 g/mol. The van der Waals surface area contributed by atoms with Crippen LogP contribution in [0.15, 0.2) is 12.1 Å². The van der Waals surface area contributed by atoms with Gasteiger partial charge in [0.25, 0.3) is 0 Å². The predicted octanol–water partition coefficient (Wildman–Crippen LogP) is 3.35. The van der Waals surface area contributed by atoms with E-state index in [1.54, 1.807) is 0 Å². The summed E-state index contributed by atoms with van der Waals surface area (Å²) >= 11 is 0. The number of nitrogens with zero attached hydrogens (tertiary/aromatic N) is 2. The van der Waals surface area contributed by atoms with Gasteiger partial charge in [-0.2, -0.15) is 5.26 Å². The van der Waals surface area contributed by atoms with E-state index in [9.17, 15) is 0 Å². The lowest BCUT2D eigenvalue weighted by Crippen LogP contribution is -2.30. The smallest absolute Gasteiger partial charge is 0.0681 e. The Hall–Kier alpha value is -1.49. The van der Waals surface area contributed by atoms with Gasteiger partial charge in [0, 0.05) is 18.3 Å². The Morgan fingerprint density at radius 2 is 1.82 bits per heavy atom. The van der Waals surface area contributed by atoms with Crippen LogP contribution in [0.5, 0.6) is 0 Å². The fourth-order valence-electron chi connectivity index (χ4n) is 3.05. The van der Waals surface area contributed by atoms with E-state index in [1.807, 2.05) is 0 Å². The van der Waals surface area contributed by atoms with Crippen molar-refractivity contribution in [3.05, 3.63) is 28.8 Å². The second kappa shape index (κ2) is 4.41. The van der Waals surface area contributed by atoms with Crippen molar-refractivity contribution in [1.29, 1.82) is 5.26 Å². The highest BCUT2D eigenvalue weighted by Gasteiger charge is 2.32. The highest BCUT2D eigenvalue weighted by molar-refractivity contribution is 5.61.